The Kier molecular flexibility index (Phi) is 4.69. The van der Waals surface area contributed by atoms with Crippen molar-refractivity contribution in [3.05, 3.63) is 40.3 Å². The van der Waals surface area contributed by atoms with Crippen LogP contribution in [0, 0.1) is 0 Å². The van der Waals surface area contributed by atoms with E-state index >= 15 is 0 Å². The molecular weight excluding hydrogens is 286 g/mol. The lowest BCUT2D eigenvalue weighted by molar-refractivity contribution is -0.340. The maximum atomic E-state index is 9.80. The van der Waals surface area contributed by atoms with Gasteiger partial charge in [0.15, 0.2) is 5.82 Å². The van der Waals surface area contributed by atoms with E-state index in [1.807, 2.05) is 6.92 Å². The molecule has 3 N–H and O–H groups in total. The molecular formula is C12H14ClN3O4. The Labute approximate surface area is 120 Å². The molecule has 2 aromatic heterocycles. The van der Waals surface area contributed by atoms with E-state index in [4.69, 9.17) is 16.9 Å². The van der Waals surface area contributed by atoms with Crippen LogP contribution in [-0.4, -0.2) is 30.2 Å². The van der Waals surface area contributed by atoms with Crippen molar-refractivity contribution >= 4 is 11.6 Å². The fraction of sp³-hybridized carbons (Fsp3) is 0.333. The van der Waals surface area contributed by atoms with Crippen molar-refractivity contribution in [3.63, 3.8) is 0 Å². The Hall–Kier alpha value is -1.51. The van der Waals surface area contributed by atoms with E-state index in [9.17, 15) is 10.2 Å². The van der Waals surface area contributed by atoms with Gasteiger partial charge in [0.25, 0.3) is 0 Å². The quantitative estimate of drug-likeness (QED) is 0.439. The van der Waals surface area contributed by atoms with E-state index in [1.54, 1.807) is 12.1 Å². The van der Waals surface area contributed by atoms with Crippen LogP contribution in [0.4, 0.5) is 0 Å². The highest BCUT2D eigenvalue weighted by Crippen LogP contribution is 2.28. The van der Waals surface area contributed by atoms with Gasteiger partial charge in [-0.1, -0.05) is 18.5 Å². The molecule has 0 spiro atoms. The lowest BCUT2D eigenvalue weighted by atomic mass is 10.1. The van der Waals surface area contributed by atoms with Gasteiger partial charge in [-0.25, -0.2) is 19.8 Å². The molecule has 7 nitrogen and oxygen atoms in total. The lowest BCUT2D eigenvalue weighted by Crippen LogP contribution is -2.12. The second-order valence-electron chi connectivity index (χ2n) is 4.00. The molecule has 20 heavy (non-hydrogen) atoms. The number of hydrogen-bond acceptors (Lipinski definition) is 6. The molecule has 1 atom stereocenters. The minimum Gasteiger partial charge on any atom is -0.390 e. The molecule has 0 bridgehead atoms. The average molecular weight is 300 g/mol. The minimum absolute atomic E-state index is 0.180. The summed E-state index contributed by atoms with van der Waals surface area (Å²) in [5, 5.41) is 32.3. The summed E-state index contributed by atoms with van der Waals surface area (Å²) in [5.41, 5.74) is 1.11. The smallest absolute Gasteiger partial charge is 0.232 e. The fourth-order valence-corrected chi connectivity index (χ4v) is 2.22. The topological polar surface area (TPSA) is 101 Å². The summed E-state index contributed by atoms with van der Waals surface area (Å²) in [5.74, 6) is 0.273. The Morgan fingerprint density at radius 3 is 2.80 bits per heavy atom. The fourth-order valence-electron chi connectivity index (χ4n) is 2.02. The van der Waals surface area contributed by atoms with Crippen LogP contribution in [0.25, 0.3) is 5.82 Å². The Bertz CT molecular complexity index is 602. The average Bonchev–Trinajstić information content (AvgIpc) is 2.85. The second-order valence-corrected chi connectivity index (χ2v) is 4.41. The van der Waals surface area contributed by atoms with Gasteiger partial charge in [0, 0.05) is 11.8 Å². The van der Waals surface area contributed by atoms with Crippen molar-refractivity contribution in [1.82, 2.24) is 14.8 Å². The van der Waals surface area contributed by atoms with Crippen molar-refractivity contribution in [1.29, 1.82) is 0 Å². The predicted octanol–water partition coefficient (Wildman–Crippen LogP) is 1.46. The molecule has 0 radical (unpaired) electrons. The summed E-state index contributed by atoms with van der Waals surface area (Å²) in [6, 6.07) is 3.27. The molecule has 0 aliphatic heterocycles. The highest BCUT2D eigenvalue weighted by atomic mass is 35.5. The van der Waals surface area contributed by atoms with Gasteiger partial charge in [0.1, 0.15) is 5.69 Å². The SMILES string of the molecule is CCc1c(CO)nn(-c2ncccc2Cl)c1C(O)OO. The van der Waals surface area contributed by atoms with Crippen LogP contribution in [0.5, 0.6) is 0 Å². The van der Waals surface area contributed by atoms with E-state index in [-0.39, 0.29) is 18.1 Å². The molecule has 108 valence electrons. The first-order chi connectivity index (χ1) is 9.63. The summed E-state index contributed by atoms with van der Waals surface area (Å²) in [4.78, 5) is 8.07. The molecule has 2 rings (SSSR count). The monoisotopic (exact) mass is 299 g/mol. The molecule has 2 heterocycles. The maximum absolute atomic E-state index is 9.80. The molecule has 0 aromatic carbocycles. The molecule has 0 saturated heterocycles. The highest BCUT2D eigenvalue weighted by molar-refractivity contribution is 6.32. The summed E-state index contributed by atoms with van der Waals surface area (Å²) >= 11 is 6.06. The van der Waals surface area contributed by atoms with Gasteiger partial charge in [-0.2, -0.15) is 5.10 Å². The second kappa shape index (κ2) is 6.29. The van der Waals surface area contributed by atoms with E-state index in [2.05, 4.69) is 15.0 Å². The third-order valence-corrected chi connectivity index (χ3v) is 3.18. The van der Waals surface area contributed by atoms with Gasteiger partial charge in [-0.3, -0.25) is 0 Å². The van der Waals surface area contributed by atoms with Crippen LogP contribution in [0.15, 0.2) is 18.3 Å². The maximum Gasteiger partial charge on any atom is 0.232 e. The zero-order chi connectivity index (χ0) is 14.7. The number of aromatic nitrogens is 3. The number of aliphatic hydroxyl groups is 2. The Balaban J connectivity index is 2.69. The van der Waals surface area contributed by atoms with E-state index in [0.29, 0.717) is 22.7 Å². The van der Waals surface area contributed by atoms with E-state index < -0.39 is 6.29 Å². The first-order valence-corrected chi connectivity index (χ1v) is 6.32. The van der Waals surface area contributed by atoms with Crippen molar-refractivity contribution < 1.29 is 20.4 Å². The first kappa shape index (κ1) is 14.9. The molecule has 0 saturated carbocycles. The van der Waals surface area contributed by atoms with E-state index in [0.717, 1.165) is 0 Å². The Morgan fingerprint density at radius 2 is 2.25 bits per heavy atom. The van der Waals surface area contributed by atoms with Crippen molar-refractivity contribution in [2.24, 2.45) is 0 Å². The third-order valence-electron chi connectivity index (χ3n) is 2.88. The van der Waals surface area contributed by atoms with Crippen molar-refractivity contribution in [2.75, 3.05) is 0 Å². The molecule has 0 aliphatic rings. The zero-order valence-corrected chi connectivity index (χ0v) is 11.4. The van der Waals surface area contributed by atoms with Crippen molar-refractivity contribution in [3.8, 4) is 5.82 Å². The van der Waals surface area contributed by atoms with Gasteiger partial charge in [0.05, 0.1) is 17.3 Å². The number of pyridine rings is 1. The van der Waals surface area contributed by atoms with Crippen LogP contribution < -0.4 is 0 Å². The van der Waals surface area contributed by atoms with Crippen LogP contribution in [-0.2, 0) is 17.9 Å². The molecule has 0 amide bonds. The van der Waals surface area contributed by atoms with Gasteiger partial charge >= 0.3 is 0 Å². The van der Waals surface area contributed by atoms with Crippen LogP contribution in [0.1, 0.15) is 30.2 Å². The standard InChI is InChI=1S/C12H14ClN3O4/c1-2-7-9(6-17)15-16(10(7)12(18)20-19)11-8(13)4-3-5-14-11/h3-5,12,17-19H,2,6H2,1H3. The van der Waals surface area contributed by atoms with Crippen LogP contribution in [0.2, 0.25) is 5.02 Å². The molecule has 1 unspecified atom stereocenters. The largest absolute Gasteiger partial charge is 0.390 e. The molecule has 2 aromatic rings. The first-order valence-electron chi connectivity index (χ1n) is 5.94. The summed E-state index contributed by atoms with van der Waals surface area (Å²) in [7, 11) is 0. The predicted molar refractivity (Wildman–Crippen MR) is 70.3 cm³/mol. The highest BCUT2D eigenvalue weighted by Gasteiger charge is 2.25. The van der Waals surface area contributed by atoms with Crippen molar-refractivity contribution in [2.45, 2.75) is 26.2 Å². The van der Waals surface area contributed by atoms with Gasteiger partial charge in [0.2, 0.25) is 6.29 Å². The lowest BCUT2D eigenvalue weighted by Gasteiger charge is -2.12. The van der Waals surface area contributed by atoms with Crippen LogP contribution in [0.3, 0.4) is 0 Å². The number of aliphatic hydroxyl groups excluding tert-OH is 2. The number of rotatable bonds is 5. The van der Waals surface area contributed by atoms with Crippen LogP contribution >= 0.6 is 11.6 Å². The number of hydrogen-bond donors (Lipinski definition) is 3. The minimum atomic E-state index is -1.61. The normalized spacial score (nSPS) is 12.7. The van der Waals surface area contributed by atoms with Gasteiger partial charge < -0.3 is 10.2 Å². The summed E-state index contributed by atoms with van der Waals surface area (Å²) < 4.78 is 1.26. The molecule has 0 fully saturated rings. The van der Waals surface area contributed by atoms with Gasteiger partial charge in [-0.05, 0) is 18.6 Å². The number of halogens is 1. The Morgan fingerprint density at radius 1 is 1.50 bits per heavy atom. The third kappa shape index (κ3) is 2.54. The molecule has 0 aliphatic carbocycles. The van der Waals surface area contributed by atoms with E-state index in [1.165, 1.54) is 10.9 Å². The zero-order valence-electron chi connectivity index (χ0n) is 10.7. The summed E-state index contributed by atoms with van der Waals surface area (Å²) in [6.07, 6.45) is 0.384. The molecule has 8 heteroatoms. The number of nitrogens with zero attached hydrogens (tertiary/aromatic N) is 3. The van der Waals surface area contributed by atoms with Gasteiger partial charge in [-0.15, -0.1) is 0 Å². The summed E-state index contributed by atoms with van der Waals surface area (Å²) in [6.45, 7) is 1.51.